The molecule has 2 N–H and O–H groups in total. The largest absolute Gasteiger partial charge is 0.353 e. The second-order valence-corrected chi connectivity index (χ2v) is 2.60. The van der Waals surface area contributed by atoms with Crippen LogP contribution in [0.15, 0.2) is 12.2 Å². The molecule has 0 radical (unpaired) electrons. The van der Waals surface area contributed by atoms with Gasteiger partial charge in [0, 0.05) is 6.54 Å². The number of hydrogen-bond donors (Lipinski definition) is 2. The van der Waals surface area contributed by atoms with E-state index in [-0.39, 0.29) is 5.91 Å². The van der Waals surface area contributed by atoms with E-state index < -0.39 is 0 Å². The van der Waals surface area contributed by atoms with Crippen molar-refractivity contribution in [3.05, 3.63) is 12.2 Å². The summed E-state index contributed by atoms with van der Waals surface area (Å²) in [5.41, 5.74) is 0. The fourth-order valence-corrected chi connectivity index (χ4v) is 0.849. The lowest BCUT2D eigenvalue weighted by Gasteiger charge is -2.01. The summed E-state index contributed by atoms with van der Waals surface area (Å²) in [6, 6.07) is 0. The molecule has 0 spiro atoms. The molecule has 12 heavy (non-hydrogen) atoms. The molecule has 0 saturated heterocycles. The Morgan fingerprint density at radius 3 is 2.58 bits per heavy atom. The number of carbonyl (C=O) groups is 1. The van der Waals surface area contributed by atoms with Crippen molar-refractivity contribution in [1.29, 1.82) is 0 Å². The standard InChI is InChI=1S/C9H18N2O/c1-3-6-9(12)11-8-5-4-7-10-2/h3,6,10H,4-5,7-8H2,1-2H3,(H,11,12)/b6-3+. The number of unbranched alkanes of at least 4 members (excludes halogenated alkanes) is 1. The lowest BCUT2D eigenvalue weighted by molar-refractivity contribution is -0.116. The minimum atomic E-state index is 0.00181. The van der Waals surface area contributed by atoms with Gasteiger partial charge >= 0.3 is 0 Å². The summed E-state index contributed by atoms with van der Waals surface area (Å²) in [6.07, 6.45) is 5.41. The Morgan fingerprint density at radius 1 is 1.33 bits per heavy atom. The molecule has 0 aliphatic rings. The molecular formula is C9H18N2O. The van der Waals surface area contributed by atoms with Crippen molar-refractivity contribution in [2.75, 3.05) is 20.1 Å². The Labute approximate surface area is 74.2 Å². The van der Waals surface area contributed by atoms with E-state index >= 15 is 0 Å². The maximum absolute atomic E-state index is 10.9. The Bertz CT molecular complexity index is 143. The Balaban J connectivity index is 3.14. The van der Waals surface area contributed by atoms with Crippen LogP contribution in [0.1, 0.15) is 19.8 Å². The van der Waals surface area contributed by atoms with Crippen molar-refractivity contribution in [3.8, 4) is 0 Å². The van der Waals surface area contributed by atoms with Gasteiger partial charge in [-0.25, -0.2) is 0 Å². The van der Waals surface area contributed by atoms with Gasteiger partial charge in [-0.3, -0.25) is 4.79 Å². The van der Waals surface area contributed by atoms with Crippen LogP contribution in [0, 0.1) is 0 Å². The van der Waals surface area contributed by atoms with Crippen LogP contribution < -0.4 is 10.6 Å². The zero-order valence-corrected chi connectivity index (χ0v) is 7.89. The van der Waals surface area contributed by atoms with Gasteiger partial charge < -0.3 is 10.6 Å². The van der Waals surface area contributed by atoms with Gasteiger partial charge in [-0.05, 0) is 39.4 Å². The third kappa shape index (κ3) is 7.28. The molecule has 70 valence electrons. The molecule has 3 nitrogen and oxygen atoms in total. The summed E-state index contributed by atoms with van der Waals surface area (Å²) < 4.78 is 0. The van der Waals surface area contributed by atoms with E-state index in [9.17, 15) is 4.79 Å². The Hall–Kier alpha value is -0.830. The van der Waals surface area contributed by atoms with E-state index in [1.165, 1.54) is 6.08 Å². The Kier molecular flexibility index (Phi) is 7.70. The first kappa shape index (κ1) is 11.2. The minimum absolute atomic E-state index is 0.00181. The number of rotatable bonds is 6. The van der Waals surface area contributed by atoms with Crippen LogP contribution in [0.25, 0.3) is 0 Å². The molecular weight excluding hydrogens is 152 g/mol. The number of carbonyl (C=O) groups excluding carboxylic acids is 1. The summed E-state index contributed by atoms with van der Waals surface area (Å²) in [5, 5.41) is 5.84. The molecule has 0 unspecified atom stereocenters. The van der Waals surface area contributed by atoms with E-state index in [4.69, 9.17) is 0 Å². The molecule has 0 saturated carbocycles. The highest BCUT2D eigenvalue weighted by Gasteiger charge is 1.92. The first-order valence-corrected chi connectivity index (χ1v) is 4.36. The second-order valence-electron chi connectivity index (χ2n) is 2.60. The maximum atomic E-state index is 10.9. The van der Waals surface area contributed by atoms with E-state index in [0.717, 1.165) is 25.9 Å². The SMILES string of the molecule is C/C=C/C(=O)NCCCCNC. The number of allylic oxidation sites excluding steroid dienone is 1. The van der Waals surface area contributed by atoms with Gasteiger partial charge in [0.25, 0.3) is 0 Å². The lowest BCUT2D eigenvalue weighted by atomic mass is 10.3. The van der Waals surface area contributed by atoms with Gasteiger partial charge in [0.15, 0.2) is 0 Å². The zero-order valence-electron chi connectivity index (χ0n) is 7.89. The summed E-state index contributed by atoms with van der Waals surface area (Å²) >= 11 is 0. The lowest BCUT2D eigenvalue weighted by Crippen LogP contribution is -2.22. The predicted molar refractivity (Wildman–Crippen MR) is 51.0 cm³/mol. The fourth-order valence-electron chi connectivity index (χ4n) is 0.849. The molecule has 0 atom stereocenters. The third-order valence-electron chi connectivity index (χ3n) is 1.47. The molecule has 0 bridgehead atoms. The van der Waals surface area contributed by atoms with E-state index in [0.29, 0.717) is 0 Å². The van der Waals surface area contributed by atoms with Crippen molar-refractivity contribution in [2.24, 2.45) is 0 Å². The summed E-state index contributed by atoms with van der Waals surface area (Å²) in [7, 11) is 1.93. The number of hydrogen-bond acceptors (Lipinski definition) is 2. The molecule has 0 aliphatic carbocycles. The van der Waals surface area contributed by atoms with Crippen LogP contribution in [0.5, 0.6) is 0 Å². The Morgan fingerprint density at radius 2 is 2.00 bits per heavy atom. The monoisotopic (exact) mass is 170 g/mol. The molecule has 0 aromatic rings. The molecule has 3 heteroatoms. The van der Waals surface area contributed by atoms with Gasteiger partial charge in [0.05, 0.1) is 0 Å². The first-order valence-electron chi connectivity index (χ1n) is 4.36. The van der Waals surface area contributed by atoms with E-state index in [1.54, 1.807) is 6.08 Å². The van der Waals surface area contributed by atoms with Gasteiger partial charge in [-0.15, -0.1) is 0 Å². The molecule has 0 fully saturated rings. The molecule has 0 aromatic carbocycles. The van der Waals surface area contributed by atoms with Crippen molar-refractivity contribution in [2.45, 2.75) is 19.8 Å². The highest BCUT2D eigenvalue weighted by atomic mass is 16.1. The van der Waals surface area contributed by atoms with Gasteiger partial charge in [0.1, 0.15) is 0 Å². The van der Waals surface area contributed by atoms with Crippen molar-refractivity contribution < 1.29 is 4.79 Å². The fraction of sp³-hybridized carbons (Fsp3) is 0.667. The van der Waals surface area contributed by atoms with E-state index in [1.807, 2.05) is 14.0 Å². The molecule has 0 rings (SSSR count). The average molecular weight is 170 g/mol. The third-order valence-corrected chi connectivity index (χ3v) is 1.47. The van der Waals surface area contributed by atoms with Crippen LogP contribution in [-0.4, -0.2) is 26.0 Å². The van der Waals surface area contributed by atoms with Crippen molar-refractivity contribution in [3.63, 3.8) is 0 Å². The first-order chi connectivity index (χ1) is 5.81. The van der Waals surface area contributed by atoms with Crippen LogP contribution in [0.4, 0.5) is 0 Å². The van der Waals surface area contributed by atoms with Gasteiger partial charge in [-0.2, -0.15) is 0 Å². The highest BCUT2D eigenvalue weighted by Crippen LogP contribution is 1.83. The van der Waals surface area contributed by atoms with Crippen molar-refractivity contribution >= 4 is 5.91 Å². The summed E-state index contributed by atoms with van der Waals surface area (Å²) in [6.45, 7) is 3.62. The smallest absolute Gasteiger partial charge is 0.243 e. The number of amides is 1. The summed E-state index contributed by atoms with van der Waals surface area (Å²) in [4.78, 5) is 10.9. The van der Waals surface area contributed by atoms with Crippen molar-refractivity contribution in [1.82, 2.24) is 10.6 Å². The molecule has 0 heterocycles. The molecule has 1 amide bonds. The average Bonchev–Trinajstić information content (AvgIpc) is 2.05. The topological polar surface area (TPSA) is 41.1 Å². The second kappa shape index (κ2) is 8.27. The normalized spacial score (nSPS) is 10.5. The van der Waals surface area contributed by atoms with Crippen LogP contribution in [-0.2, 0) is 4.79 Å². The highest BCUT2D eigenvalue weighted by molar-refractivity contribution is 5.87. The minimum Gasteiger partial charge on any atom is -0.353 e. The van der Waals surface area contributed by atoms with Crippen LogP contribution >= 0.6 is 0 Å². The van der Waals surface area contributed by atoms with E-state index in [2.05, 4.69) is 10.6 Å². The van der Waals surface area contributed by atoms with Gasteiger partial charge in [-0.1, -0.05) is 6.08 Å². The quantitative estimate of drug-likeness (QED) is 0.454. The summed E-state index contributed by atoms with van der Waals surface area (Å²) in [5.74, 6) is 0.00181. The van der Waals surface area contributed by atoms with Gasteiger partial charge in [0.2, 0.25) is 5.91 Å². The predicted octanol–water partition coefficient (Wildman–Crippen LogP) is 0.678. The molecule has 0 aliphatic heterocycles. The number of nitrogens with one attached hydrogen (secondary N) is 2. The van der Waals surface area contributed by atoms with Crippen LogP contribution in [0.3, 0.4) is 0 Å². The molecule has 0 aromatic heterocycles. The van der Waals surface area contributed by atoms with Crippen LogP contribution in [0.2, 0.25) is 0 Å². The maximum Gasteiger partial charge on any atom is 0.243 e. The zero-order chi connectivity index (χ0) is 9.23.